The maximum Gasteiger partial charge on any atom is 0.234 e. The van der Waals surface area contributed by atoms with Crippen molar-refractivity contribution in [1.29, 1.82) is 0 Å². The van der Waals surface area contributed by atoms with Crippen molar-refractivity contribution in [2.24, 2.45) is 0 Å². The van der Waals surface area contributed by atoms with Crippen LogP contribution in [0.25, 0.3) is 0 Å². The molecule has 0 spiro atoms. The molecule has 1 rings (SSSR count). The van der Waals surface area contributed by atoms with Crippen LogP contribution in [0.3, 0.4) is 0 Å². The molecule has 0 unspecified atom stereocenters. The number of hydrogen-bond donors (Lipinski definition) is 1. The molecule has 0 aliphatic carbocycles. The predicted octanol–water partition coefficient (Wildman–Crippen LogP) is 1.53. The lowest BCUT2D eigenvalue weighted by Crippen LogP contribution is -2.33. The zero-order valence-electron chi connectivity index (χ0n) is 10.3. The minimum atomic E-state index is -3.28. The predicted molar refractivity (Wildman–Crippen MR) is 69.7 cm³/mol. The monoisotopic (exact) mass is 257 g/mol. The quantitative estimate of drug-likeness (QED) is 0.841. The molecule has 0 saturated carbocycles. The third-order valence-corrected chi connectivity index (χ3v) is 4.30. The molecule has 0 radical (unpaired) electrons. The van der Waals surface area contributed by atoms with Crippen LogP contribution in [-0.2, 0) is 10.0 Å². The Labute approximate surface area is 103 Å². The first kappa shape index (κ1) is 14.0. The van der Waals surface area contributed by atoms with Gasteiger partial charge in [0.05, 0.1) is 11.4 Å². The SMILES string of the molecule is CCS(=O)(=O)N(CCCO)c1cccc(C)c1. The van der Waals surface area contributed by atoms with E-state index < -0.39 is 10.0 Å². The van der Waals surface area contributed by atoms with E-state index in [9.17, 15) is 8.42 Å². The molecular formula is C12H19NO3S. The Bertz CT molecular complexity index is 457. The highest BCUT2D eigenvalue weighted by molar-refractivity contribution is 7.92. The van der Waals surface area contributed by atoms with E-state index in [4.69, 9.17) is 5.11 Å². The Morgan fingerprint density at radius 2 is 2.06 bits per heavy atom. The van der Waals surface area contributed by atoms with E-state index >= 15 is 0 Å². The van der Waals surface area contributed by atoms with Gasteiger partial charge in [-0.25, -0.2) is 8.42 Å². The second kappa shape index (κ2) is 6.02. The zero-order valence-corrected chi connectivity index (χ0v) is 11.1. The van der Waals surface area contributed by atoms with Crippen molar-refractivity contribution < 1.29 is 13.5 Å². The normalized spacial score (nSPS) is 11.5. The van der Waals surface area contributed by atoms with Crippen LogP contribution in [-0.4, -0.2) is 32.4 Å². The summed E-state index contributed by atoms with van der Waals surface area (Å²) in [6.45, 7) is 3.85. The number of rotatable bonds is 6. The lowest BCUT2D eigenvalue weighted by atomic mass is 10.2. The number of hydrogen-bond acceptors (Lipinski definition) is 3. The molecule has 1 aromatic carbocycles. The first-order valence-corrected chi connectivity index (χ1v) is 7.30. The lowest BCUT2D eigenvalue weighted by Gasteiger charge is -2.23. The summed E-state index contributed by atoms with van der Waals surface area (Å²) in [7, 11) is -3.28. The number of aliphatic hydroxyl groups is 1. The van der Waals surface area contributed by atoms with Crippen LogP contribution in [0.5, 0.6) is 0 Å². The Morgan fingerprint density at radius 3 is 2.59 bits per heavy atom. The van der Waals surface area contributed by atoms with Crippen molar-refractivity contribution in [2.45, 2.75) is 20.3 Å². The highest BCUT2D eigenvalue weighted by Gasteiger charge is 2.19. The topological polar surface area (TPSA) is 57.6 Å². The highest BCUT2D eigenvalue weighted by Crippen LogP contribution is 2.20. The van der Waals surface area contributed by atoms with Gasteiger partial charge in [-0.3, -0.25) is 4.31 Å². The van der Waals surface area contributed by atoms with Crippen molar-refractivity contribution in [3.05, 3.63) is 29.8 Å². The van der Waals surface area contributed by atoms with Crippen LogP contribution < -0.4 is 4.31 Å². The highest BCUT2D eigenvalue weighted by atomic mass is 32.2. The molecular weight excluding hydrogens is 238 g/mol. The summed E-state index contributed by atoms with van der Waals surface area (Å²) in [6, 6.07) is 7.37. The molecule has 0 aromatic heterocycles. The first-order valence-electron chi connectivity index (χ1n) is 5.69. The largest absolute Gasteiger partial charge is 0.396 e. The maximum absolute atomic E-state index is 12.0. The summed E-state index contributed by atoms with van der Waals surface area (Å²) in [5, 5.41) is 8.83. The van der Waals surface area contributed by atoms with Gasteiger partial charge in [-0.05, 0) is 38.0 Å². The standard InChI is InChI=1S/C12H19NO3S/c1-3-17(15,16)13(8-5-9-14)12-7-4-6-11(2)10-12/h4,6-7,10,14H,3,5,8-9H2,1-2H3. The van der Waals surface area contributed by atoms with Crippen LogP contribution in [0.1, 0.15) is 18.9 Å². The van der Waals surface area contributed by atoms with Crippen molar-refractivity contribution in [3.63, 3.8) is 0 Å². The van der Waals surface area contributed by atoms with E-state index in [0.29, 0.717) is 18.7 Å². The molecule has 0 fully saturated rings. The van der Waals surface area contributed by atoms with Crippen molar-refractivity contribution in [2.75, 3.05) is 23.2 Å². The van der Waals surface area contributed by atoms with E-state index in [0.717, 1.165) is 5.56 Å². The van der Waals surface area contributed by atoms with Crippen LogP contribution in [0.15, 0.2) is 24.3 Å². The summed E-state index contributed by atoms with van der Waals surface area (Å²) in [5.41, 5.74) is 1.68. The van der Waals surface area contributed by atoms with Crippen LogP contribution in [0.2, 0.25) is 0 Å². The number of benzene rings is 1. The summed E-state index contributed by atoms with van der Waals surface area (Å²) in [4.78, 5) is 0. The molecule has 4 nitrogen and oxygen atoms in total. The van der Waals surface area contributed by atoms with Gasteiger partial charge >= 0.3 is 0 Å². The molecule has 96 valence electrons. The number of aliphatic hydroxyl groups excluding tert-OH is 1. The second-order valence-electron chi connectivity index (χ2n) is 3.89. The van der Waals surface area contributed by atoms with Crippen molar-refractivity contribution in [3.8, 4) is 0 Å². The Balaban J connectivity index is 3.06. The Hall–Kier alpha value is -1.07. The van der Waals surface area contributed by atoms with E-state index in [2.05, 4.69) is 0 Å². The van der Waals surface area contributed by atoms with Gasteiger partial charge in [-0.1, -0.05) is 12.1 Å². The Kier molecular flexibility index (Phi) is 4.96. The second-order valence-corrected chi connectivity index (χ2v) is 6.07. The van der Waals surface area contributed by atoms with Gasteiger partial charge in [-0.15, -0.1) is 0 Å². The van der Waals surface area contributed by atoms with Crippen molar-refractivity contribution in [1.82, 2.24) is 0 Å². The van der Waals surface area contributed by atoms with E-state index in [-0.39, 0.29) is 12.4 Å². The van der Waals surface area contributed by atoms with E-state index in [1.807, 2.05) is 25.1 Å². The molecule has 0 saturated heterocycles. The first-order chi connectivity index (χ1) is 8.01. The fourth-order valence-corrected chi connectivity index (χ4v) is 2.74. The van der Waals surface area contributed by atoms with Crippen molar-refractivity contribution >= 4 is 15.7 Å². The van der Waals surface area contributed by atoms with Crippen LogP contribution >= 0.6 is 0 Å². The van der Waals surface area contributed by atoms with Gasteiger partial charge in [0.15, 0.2) is 0 Å². The zero-order chi connectivity index (χ0) is 12.9. The maximum atomic E-state index is 12.0. The summed E-state index contributed by atoms with van der Waals surface area (Å²) in [6.07, 6.45) is 0.438. The molecule has 5 heteroatoms. The van der Waals surface area contributed by atoms with Gasteiger partial charge in [-0.2, -0.15) is 0 Å². The average Bonchev–Trinajstić information content (AvgIpc) is 2.29. The summed E-state index contributed by atoms with van der Waals surface area (Å²) < 4.78 is 25.3. The molecule has 0 bridgehead atoms. The molecule has 17 heavy (non-hydrogen) atoms. The molecule has 0 aliphatic heterocycles. The van der Waals surface area contributed by atoms with Gasteiger partial charge in [0, 0.05) is 13.2 Å². The fraction of sp³-hybridized carbons (Fsp3) is 0.500. The third-order valence-electron chi connectivity index (χ3n) is 2.51. The Morgan fingerprint density at radius 1 is 1.35 bits per heavy atom. The smallest absolute Gasteiger partial charge is 0.234 e. The number of nitrogens with zero attached hydrogens (tertiary/aromatic N) is 1. The number of sulfonamides is 1. The molecule has 1 N–H and O–H groups in total. The van der Waals surface area contributed by atoms with Gasteiger partial charge in [0.1, 0.15) is 0 Å². The molecule has 0 aliphatic rings. The minimum absolute atomic E-state index is 0.0124. The van der Waals surface area contributed by atoms with Crippen LogP contribution in [0, 0.1) is 6.92 Å². The van der Waals surface area contributed by atoms with Crippen LogP contribution in [0.4, 0.5) is 5.69 Å². The van der Waals surface area contributed by atoms with Gasteiger partial charge in [0.2, 0.25) is 10.0 Å². The lowest BCUT2D eigenvalue weighted by molar-refractivity contribution is 0.291. The number of aryl methyl sites for hydroxylation is 1. The molecule has 0 heterocycles. The van der Waals surface area contributed by atoms with Gasteiger partial charge in [0.25, 0.3) is 0 Å². The van der Waals surface area contributed by atoms with E-state index in [1.165, 1.54) is 4.31 Å². The van der Waals surface area contributed by atoms with E-state index in [1.54, 1.807) is 13.0 Å². The molecule has 0 amide bonds. The number of anilines is 1. The molecule has 1 aromatic rings. The van der Waals surface area contributed by atoms with Gasteiger partial charge < -0.3 is 5.11 Å². The fourth-order valence-electron chi connectivity index (χ4n) is 1.58. The summed E-state index contributed by atoms with van der Waals surface area (Å²) >= 11 is 0. The minimum Gasteiger partial charge on any atom is -0.396 e. The summed E-state index contributed by atoms with van der Waals surface area (Å²) in [5.74, 6) is 0.0619. The average molecular weight is 257 g/mol. The molecule has 0 atom stereocenters. The third kappa shape index (κ3) is 3.71.